The van der Waals surface area contributed by atoms with Gasteiger partial charge in [-0.1, -0.05) is 0 Å². The Kier molecular flexibility index (Phi) is 4.20. The van der Waals surface area contributed by atoms with Crippen molar-refractivity contribution >= 4 is 17.1 Å². The van der Waals surface area contributed by atoms with Crippen LogP contribution < -0.4 is 11.3 Å². The van der Waals surface area contributed by atoms with Gasteiger partial charge in [0.25, 0.3) is 5.56 Å². The van der Waals surface area contributed by atoms with E-state index in [0.29, 0.717) is 0 Å². The molecule has 3 rings (SSSR count). The normalized spacial score (nSPS) is 26.8. The number of hydrogen-bond donors (Lipinski definition) is 4. The number of imidazole rings is 1. The van der Waals surface area contributed by atoms with Crippen LogP contribution in [0.1, 0.15) is 12.6 Å². The Labute approximate surface area is 135 Å². The van der Waals surface area contributed by atoms with E-state index in [1.165, 1.54) is 10.9 Å². The molecule has 0 aliphatic carbocycles. The predicted molar refractivity (Wildman–Crippen MR) is 79.4 cm³/mol. The van der Waals surface area contributed by atoms with Gasteiger partial charge in [-0.3, -0.25) is 13.9 Å². The standard InChI is InChI=1S/C13H16N6O5/c14-2-1-3-18-11(23)7-10(17-13(18)15)19(5-16-7)12-9(22)8(21)6(4-20)24-12/h5-6,8-9,12,20-22H,1,3-4H2,(H2,15,17)/t6-,8-,9-,12-/m1/s1. The fourth-order valence-electron chi connectivity index (χ4n) is 2.69. The summed E-state index contributed by atoms with van der Waals surface area (Å²) in [6.07, 6.45) is -3.31. The second-order valence-electron chi connectivity index (χ2n) is 5.39. The Bertz CT molecular complexity index is 855. The molecule has 128 valence electrons. The van der Waals surface area contributed by atoms with Gasteiger partial charge in [-0.25, -0.2) is 4.98 Å². The zero-order valence-electron chi connectivity index (χ0n) is 12.5. The summed E-state index contributed by atoms with van der Waals surface area (Å²) in [5.74, 6) is -0.101. The number of aliphatic hydroxyl groups is 3. The number of ether oxygens (including phenoxy) is 1. The third-order valence-corrected chi connectivity index (χ3v) is 3.95. The van der Waals surface area contributed by atoms with Crippen molar-refractivity contribution in [2.45, 2.75) is 37.5 Å². The number of rotatable bonds is 4. The third-order valence-electron chi connectivity index (χ3n) is 3.95. The van der Waals surface area contributed by atoms with E-state index in [-0.39, 0.29) is 30.1 Å². The molecule has 0 unspecified atom stereocenters. The van der Waals surface area contributed by atoms with E-state index in [9.17, 15) is 15.0 Å². The largest absolute Gasteiger partial charge is 0.394 e. The fraction of sp³-hybridized carbons (Fsp3) is 0.538. The van der Waals surface area contributed by atoms with Crippen LogP contribution in [0.5, 0.6) is 0 Å². The molecule has 0 saturated carbocycles. The van der Waals surface area contributed by atoms with Gasteiger partial charge in [-0.15, -0.1) is 0 Å². The number of nitrogen functional groups attached to an aromatic ring is 1. The summed E-state index contributed by atoms with van der Waals surface area (Å²) in [4.78, 5) is 20.5. The molecule has 0 aromatic carbocycles. The molecule has 1 saturated heterocycles. The van der Waals surface area contributed by atoms with Gasteiger partial charge in [0.15, 0.2) is 17.4 Å². The molecule has 5 N–H and O–H groups in total. The lowest BCUT2D eigenvalue weighted by Gasteiger charge is -2.16. The molecular formula is C13H16N6O5. The van der Waals surface area contributed by atoms with E-state index < -0.39 is 36.7 Å². The quantitative estimate of drug-likeness (QED) is 0.479. The van der Waals surface area contributed by atoms with Crippen LogP contribution in [0.2, 0.25) is 0 Å². The summed E-state index contributed by atoms with van der Waals surface area (Å²) in [6, 6.07) is 1.92. The molecule has 1 aliphatic heterocycles. The number of anilines is 1. The highest BCUT2D eigenvalue weighted by atomic mass is 16.6. The monoisotopic (exact) mass is 336 g/mol. The van der Waals surface area contributed by atoms with Crippen LogP contribution >= 0.6 is 0 Å². The Balaban J connectivity index is 2.06. The summed E-state index contributed by atoms with van der Waals surface area (Å²) in [5, 5.41) is 37.7. The molecule has 24 heavy (non-hydrogen) atoms. The van der Waals surface area contributed by atoms with E-state index in [1.807, 2.05) is 6.07 Å². The zero-order chi connectivity index (χ0) is 17.4. The highest BCUT2D eigenvalue weighted by Gasteiger charge is 2.44. The molecule has 0 radical (unpaired) electrons. The number of aromatic nitrogens is 4. The van der Waals surface area contributed by atoms with Gasteiger partial charge in [0.1, 0.15) is 18.3 Å². The molecule has 0 bridgehead atoms. The maximum absolute atomic E-state index is 12.4. The number of nitrogens with zero attached hydrogens (tertiary/aromatic N) is 5. The smallest absolute Gasteiger partial charge is 0.283 e. The summed E-state index contributed by atoms with van der Waals surface area (Å²) >= 11 is 0. The molecule has 1 aliphatic rings. The molecule has 2 aromatic heterocycles. The molecular weight excluding hydrogens is 320 g/mol. The Hall–Kier alpha value is -2.52. The van der Waals surface area contributed by atoms with Crippen LogP contribution in [0.25, 0.3) is 11.2 Å². The predicted octanol–water partition coefficient (Wildman–Crippen LogP) is -2.30. The van der Waals surface area contributed by atoms with Crippen molar-refractivity contribution < 1.29 is 20.1 Å². The molecule has 3 heterocycles. The van der Waals surface area contributed by atoms with Crippen molar-refractivity contribution in [2.75, 3.05) is 12.3 Å². The maximum Gasteiger partial charge on any atom is 0.283 e. The van der Waals surface area contributed by atoms with Gasteiger partial charge in [0, 0.05) is 6.54 Å². The van der Waals surface area contributed by atoms with Gasteiger partial charge in [-0.05, 0) is 0 Å². The first-order chi connectivity index (χ1) is 11.5. The SMILES string of the molecule is N#CCCn1c(N)nc2c(ncn2[C@@H]2O[C@H](CO)[C@@H](O)[C@H]2O)c1=O. The van der Waals surface area contributed by atoms with Crippen LogP contribution in [0.4, 0.5) is 5.95 Å². The molecule has 0 spiro atoms. The first kappa shape index (κ1) is 16.3. The lowest BCUT2D eigenvalue weighted by atomic mass is 10.1. The van der Waals surface area contributed by atoms with Crippen molar-refractivity contribution in [3.05, 3.63) is 16.7 Å². The molecule has 1 fully saturated rings. The van der Waals surface area contributed by atoms with Crippen molar-refractivity contribution in [3.8, 4) is 6.07 Å². The van der Waals surface area contributed by atoms with Crippen molar-refractivity contribution in [1.29, 1.82) is 5.26 Å². The highest BCUT2D eigenvalue weighted by Crippen LogP contribution is 2.30. The van der Waals surface area contributed by atoms with Gasteiger partial charge < -0.3 is 25.8 Å². The molecule has 11 nitrogen and oxygen atoms in total. The van der Waals surface area contributed by atoms with Crippen LogP contribution in [0.15, 0.2) is 11.1 Å². The van der Waals surface area contributed by atoms with E-state index in [4.69, 9.17) is 20.8 Å². The van der Waals surface area contributed by atoms with Gasteiger partial charge in [0.2, 0.25) is 5.95 Å². The molecule has 4 atom stereocenters. The van der Waals surface area contributed by atoms with Crippen molar-refractivity contribution in [3.63, 3.8) is 0 Å². The van der Waals surface area contributed by atoms with Crippen LogP contribution in [0, 0.1) is 11.3 Å². The summed E-state index contributed by atoms with van der Waals surface area (Å²) in [6.45, 7) is -0.386. The molecule has 11 heteroatoms. The minimum absolute atomic E-state index is 0.000113. The van der Waals surface area contributed by atoms with E-state index in [2.05, 4.69) is 9.97 Å². The van der Waals surface area contributed by atoms with E-state index in [0.717, 1.165) is 4.57 Å². The maximum atomic E-state index is 12.4. The summed E-state index contributed by atoms with van der Waals surface area (Å²) in [7, 11) is 0. The number of nitrogens with two attached hydrogens (primary N) is 1. The van der Waals surface area contributed by atoms with E-state index in [1.54, 1.807) is 0 Å². The minimum atomic E-state index is -1.33. The number of hydrogen-bond acceptors (Lipinski definition) is 9. The lowest BCUT2D eigenvalue weighted by Crippen LogP contribution is -2.33. The number of aliphatic hydroxyl groups excluding tert-OH is 3. The van der Waals surface area contributed by atoms with Gasteiger partial charge >= 0.3 is 0 Å². The molecule has 0 amide bonds. The minimum Gasteiger partial charge on any atom is -0.394 e. The first-order valence-electron chi connectivity index (χ1n) is 7.21. The van der Waals surface area contributed by atoms with Crippen LogP contribution in [-0.2, 0) is 11.3 Å². The van der Waals surface area contributed by atoms with Crippen molar-refractivity contribution in [2.24, 2.45) is 0 Å². The fourth-order valence-corrected chi connectivity index (χ4v) is 2.69. The average molecular weight is 336 g/mol. The Morgan fingerprint density at radius 1 is 1.42 bits per heavy atom. The first-order valence-corrected chi connectivity index (χ1v) is 7.21. The van der Waals surface area contributed by atoms with Crippen molar-refractivity contribution in [1.82, 2.24) is 19.1 Å². The topological polar surface area (TPSA) is 172 Å². The zero-order valence-corrected chi connectivity index (χ0v) is 12.5. The Morgan fingerprint density at radius 2 is 2.17 bits per heavy atom. The van der Waals surface area contributed by atoms with Gasteiger partial charge in [-0.2, -0.15) is 10.2 Å². The summed E-state index contributed by atoms with van der Waals surface area (Å²) in [5.41, 5.74) is 5.35. The summed E-state index contributed by atoms with van der Waals surface area (Å²) < 4.78 is 7.82. The second kappa shape index (κ2) is 6.17. The highest BCUT2D eigenvalue weighted by molar-refractivity contribution is 5.71. The lowest BCUT2D eigenvalue weighted by molar-refractivity contribution is -0.0511. The molecule has 2 aromatic rings. The third kappa shape index (κ3) is 2.42. The second-order valence-corrected chi connectivity index (χ2v) is 5.39. The Morgan fingerprint density at radius 3 is 2.79 bits per heavy atom. The average Bonchev–Trinajstić information content (AvgIpc) is 3.09. The van der Waals surface area contributed by atoms with Crippen LogP contribution in [0.3, 0.4) is 0 Å². The number of nitriles is 1. The van der Waals surface area contributed by atoms with Gasteiger partial charge in [0.05, 0.1) is 25.4 Å². The van der Waals surface area contributed by atoms with Crippen LogP contribution in [-0.4, -0.2) is 59.3 Å². The number of fused-ring (bicyclic) bond motifs is 1. The van der Waals surface area contributed by atoms with E-state index >= 15 is 0 Å².